The Morgan fingerprint density at radius 2 is 1.59 bits per heavy atom. The molecule has 1 N–H and O–H groups in total. The maximum atomic E-state index is 12.5. The molecule has 0 atom stereocenters. The van der Waals surface area contributed by atoms with Gasteiger partial charge in [0.1, 0.15) is 5.75 Å². The van der Waals surface area contributed by atoms with E-state index in [1.807, 2.05) is 42.5 Å². The molecule has 0 saturated carbocycles. The molecule has 0 spiro atoms. The van der Waals surface area contributed by atoms with E-state index in [-0.39, 0.29) is 11.9 Å². The van der Waals surface area contributed by atoms with Gasteiger partial charge in [-0.25, -0.2) is 0 Å². The van der Waals surface area contributed by atoms with Crippen LogP contribution in [-0.4, -0.2) is 23.2 Å². The Bertz CT molecular complexity index is 1090. The van der Waals surface area contributed by atoms with Crippen LogP contribution >= 0.6 is 0 Å². The molecule has 29 heavy (non-hydrogen) atoms. The van der Waals surface area contributed by atoms with Crippen molar-refractivity contribution in [1.82, 2.24) is 10.2 Å². The lowest BCUT2D eigenvalue weighted by atomic mass is 10.0. The molecular formula is C23H19N3O3. The van der Waals surface area contributed by atoms with Gasteiger partial charge in [0, 0.05) is 11.1 Å². The van der Waals surface area contributed by atoms with Crippen molar-refractivity contribution in [2.75, 3.05) is 12.4 Å². The van der Waals surface area contributed by atoms with Crippen molar-refractivity contribution in [3.8, 4) is 17.2 Å². The number of amides is 1. The Kier molecular flexibility index (Phi) is 5.33. The fourth-order valence-electron chi connectivity index (χ4n) is 2.90. The summed E-state index contributed by atoms with van der Waals surface area (Å²) in [5.41, 5.74) is 3.61. The highest BCUT2D eigenvalue weighted by Crippen LogP contribution is 2.22. The van der Waals surface area contributed by atoms with Crippen LogP contribution in [0, 0.1) is 0 Å². The summed E-state index contributed by atoms with van der Waals surface area (Å²) >= 11 is 0. The lowest BCUT2D eigenvalue weighted by Gasteiger charge is -2.04. The quantitative estimate of drug-likeness (QED) is 0.525. The second-order valence-electron chi connectivity index (χ2n) is 6.45. The molecular weight excluding hydrogens is 366 g/mol. The van der Waals surface area contributed by atoms with Gasteiger partial charge in [-0.3, -0.25) is 10.1 Å². The first kappa shape index (κ1) is 18.4. The summed E-state index contributed by atoms with van der Waals surface area (Å²) in [4.78, 5) is 12.5. The summed E-state index contributed by atoms with van der Waals surface area (Å²) in [6.07, 6.45) is 0.817. The van der Waals surface area contributed by atoms with Gasteiger partial charge in [-0.15, -0.1) is 5.10 Å². The van der Waals surface area contributed by atoms with Crippen LogP contribution in [0.15, 0.2) is 83.3 Å². The van der Waals surface area contributed by atoms with E-state index in [4.69, 9.17) is 9.15 Å². The van der Waals surface area contributed by atoms with Crippen LogP contribution in [0.3, 0.4) is 0 Å². The van der Waals surface area contributed by atoms with E-state index < -0.39 is 0 Å². The summed E-state index contributed by atoms with van der Waals surface area (Å²) in [5.74, 6) is 0.750. The van der Waals surface area contributed by atoms with Crippen molar-refractivity contribution in [2.24, 2.45) is 0 Å². The topological polar surface area (TPSA) is 77.3 Å². The van der Waals surface area contributed by atoms with E-state index >= 15 is 0 Å². The lowest BCUT2D eigenvalue weighted by molar-refractivity contribution is 0.102. The van der Waals surface area contributed by atoms with Crippen LogP contribution in [0.4, 0.5) is 6.01 Å². The largest absolute Gasteiger partial charge is 0.497 e. The van der Waals surface area contributed by atoms with Gasteiger partial charge in [-0.05, 0) is 53.9 Å². The number of rotatable bonds is 6. The molecule has 4 rings (SSSR count). The maximum Gasteiger partial charge on any atom is 0.322 e. The zero-order valence-corrected chi connectivity index (χ0v) is 15.8. The van der Waals surface area contributed by atoms with Crippen LogP contribution in [0.5, 0.6) is 5.75 Å². The number of ether oxygens (including phenoxy) is 1. The molecule has 0 aliphatic carbocycles. The number of hydrogen-bond acceptors (Lipinski definition) is 5. The van der Waals surface area contributed by atoms with Crippen molar-refractivity contribution in [2.45, 2.75) is 6.42 Å². The van der Waals surface area contributed by atoms with E-state index in [0.717, 1.165) is 23.3 Å². The van der Waals surface area contributed by atoms with E-state index in [1.165, 1.54) is 5.56 Å². The molecule has 0 bridgehead atoms. The van der Waals surface area contributed by atoms with Crippen molar-refractivity contribution in [3.05, 3.63) is 95.6 Å². The Labute approximate surface area is 168 Å². The van der Waals surface area contributed by atoms with Crippen molar-refractivity contribution < 1.29 is 13.9 Å². The average molecular weight is 385 g/mol. The highest BCUT2D eigenvalue weighted by atomic mass is 16.5. The number of nitrogens with zero attached hydrogens (tertiary/aromatic N) is 2. The molecule has 0 aliphatic rings. The van der Waals surface area contributed by atoms with E-state index in [1.54, 1.807) is 31.4 Å². The molecule has 3 aromatic carbocycles. The zero-order chi connectivity index (χ0) is 20.1. The number of benzene rings is 3. The number of methoxy groups -OCH3 is 1. The number of carbonyl (C=O) groups excluding carboxylic acids is 1. The van der Waals surface area contributed by atoms with Gasteiger partial charge in [-0.1, -0.05) is 47.6 Å². The molecule has 1 heterocycles. The molecule has 6 nitrogen and oxygen atoms in total. The van der Waals surface area contributed by atoms with Gasteiger partial charge >= 0.3 is 6.01 Å². The van der Waals surface area contributed by atoms with Crippen LogP contribution in [0.1, 0.15) is 21.5 Å². The van der Waals surface area contributed by atoms with E-state index in [0.29, 0.717) is 11.5 Å². The fourth-order valence-corrected chi connectivity index (χ4v) is 2.90. The molecule has 0 radical (unpaired) electrons. The molecule has 0 saturated heterocycles. The molecule has 0 aliphatic heterocycles. The Morgan fingerprint density at radius 3 is 2.28 bits per heavy atom. The standard InChI is InChI=1S/C23H19N3O3/c1-28-20-13-11-19(12-14-20)22-25-26-23(29-22)24-21(27)18-9-7-17(8-10-18)15-16-5-3-2-4-6-16/h2-14H,15H2,1H3,(H,24,26,27). The predicted octanol–water partition coefficient (Wildman–Crippen LogP) is 4.59. The number of aromatic nitrogens is 2. The van der Waals surface area contributed by atoms with Crippen LogP contribution in [-0.2, 0) is 6.42 Å². The second-order valence-corrected chi connectivity index (χ2v) is 6.45. The molecule has 4 aromatic rings. The predicted molar refractivity (Wildman–Crippen MR) is 110 cm³/mol. The van der Waals surface area contributed by atoms with E-state index in [9.17, 15) is 4.79 Å². The highest BCUT2D eigenvalue weighted by molar-refractivity contribution is 6.03. The first-order valence-corrected chi connectivity index (χ1v) is 9.13. The molecule has 1 aromatic heterocycles. The molecule has 1 amide bonds. The number of hydrogen-bond donors (Lipinski definition) is 1. The molecule has 0 fully saturated rings. The van der Waals surface area contributed by atoms with Crippen LogP contribution < -0.4 is 10.1 Å². The van der Waals surface area contributed by atoms with Crippen LogP contribution in [0.25, 0.3) is 11.5 Å². The fraction of sp³-hybridized carbons (Fsp3) is 0.0870. The number of carbonyl (C=O) groups is 1. The summed E-state index contributed by atoms with van der Waals surface area (Å²) < 4.78 is 10.7. The first-order valence-electron chi connectivity index (χ1n) is 9.13. The van der Waals surface area contributed by atoms with Gasteiger partial charge in [0.2, 0.25) is 5.89 Å². The van der Waals surface area contributed by atoms with Gasteiger partial charge in [0.05, 0.1) is 7.11 Å². The Morgan fingerprint density at radius 1 is 0.897 bits per heavy atom. The first-order chi connectivity index (χ1) is 14.2. The normalized spacial score (nSPS) is 10.5. The minimum atomic E-state index is -0.304. The molecule has 0 unspecified atom stereocenters. The minimum absolute atomic E-state index is 0.0502. The average Bonchev–Trinajstić information content (AvgIpc) is 3.23. The Balaban J connectivity index is 1.41. The smallest absolute Gasteiger partial charge is 0.322 e. The van der Waals surface area contributed by atoms with Gasteiger partial charge in [0.15, 0.2) is 0 Å². The maximum absolute atomic E-state index is 12.5. The lowest BCUT2D eigenvalue weighted by Crippen LogP contribution is -2.12. The summed E-state index contributed by atoms with van der Waals surface area (Å²) in [6, 6.07) is 24.9. The molecule has 6 heteroatoms. The second kappa shape index (κ2) is 8.39. The van der Waals surface area contributed by atoms with Crippen molar-refractivity contribution in [1.29, 1.82) is 0 Å². The summed E-state index contributed by atoms with van der Waals surface area (Å²) in [7, 11) is 1.60. The zero-order valence-electron chi connectivity index (χ0n) is 15.8. The Hall–Kier alpha value is -3.93. The summed E-state index contributed by atoms with van der Waals surface area (Å²) in [6.45, 7) is 0. The third kappa shape index (κ3) is 4.50. The van der Waals surface area contributed by atoms with Crippen molar-refractivity contribution in [3.63, 3.8) is 0 Å². The number of anilines is 1. The SMILES string of the molecule is COc1ccc(-c2nnc(NC(=O)c3ccc(Cc4ccccc4)cc3)o2)cc1. The van der Waals surface area contributed by atoms with Gasteiger partial charge in [0.25, 0.3) is 5.91 Å². The highest BCUT2D eigenvalue weighted by Gasteiger charge is 2.13. The third-order valence-electron chi connectivity index (χ3n) is 4.45. The minimum Gasteiger partial charge on any atom is -0.497 e. The number of nitrogens with one attached hydrogen (secondary N) is 1. The third-order valence-corrected chi connectivity index (χ3v) is 4.45. The monoisotopic (exact) mass is 385 g/mol. The molecule has 144 valence electrons. The van der Waals surface area contributed by atoms with Gasteiger partial charge in [-0.2, -0.15) is 0 Å². The van der Waals surface area contributed by atoms with Crippen LogP contribution in [0.2, 0.25) is 0 Å². The van der Waals surface area contributed by atoms with Crippen molar-refractivity contribution >= 4 is 11.9 Å². The van der Waals surface area contributed by atoms with E-state index in [2.05, 4.69) is 27.6 Å². The van der Waals surface area contributed by atoms with Gasteiger partial charge < -0.3 is 9.15 Å². The summed E-state index contributed by atoms with van der Waals surface area (Å²) in [5, 5.41) is 10.5.